The van der Waals surface area contributed by atoms with Gasteiger partial charge in [-0.3, -0.25) is 4.90 Å². The van der Waals surface area contributed by atoms with Crippen LogP contribution in [0.4, 0.5) is 0 Å². The van der Waals surface area contributed by atoms with Gasteiger partial charge >= 0.3 is 0 Å². The Balaban J connectivity index is 2.90. The van der Waals surface area contributed by atoms with Gasteiger partial charge in [-0.1, -0.05) is 32.4 Å². The third kappa shape index (κ3) is 4.25. The predicted molar refractivity (Wildman–Crippen MR) is 77.8 cm³/mol. The van der Waals surface area contributed by atoms with Crippen molar-refractivity contribution in [3.63, 3.8) is 0 Å². The molecule has 1 rings (SSSR count). The lowest BCUT2D eigenvalue weighted by atomic mass is 10.1. The molecule has 0 saturated heterocycles. The SMILES string of the molecule is CCN(CC(C)C)C(c1ccc(Cl)s1)C(C)N. The van der Waals surface area contributed by atoms with Gasteiger partial charge in [-0.15, -0.1) is 11.3 Å². The molecule has 0 aliphatic heterocycles. The zero-order valence-corrected chi connectivity index (χ0v) is 12.7. The fourth-order valence-electron chi connectivity index (χ4n) is 2.17. The maximum absolute atomic E-state index is 6.15. The third-order valence-electron chi connectivity index (χ3n) is 2.78. The highest BCUT2D eigenvalue weighted by Gasteiger charge is 2.24. The van der Waals surface area contributed by atoms with Crippen LogP contribution in [0.15, 0.2) is 12.1 Å². The van der Waals surface area contributed by atoms with Crippen molar-refractivity contribution in [2.45, 2.75) is 39.8 Å². The molecule has 2 atom stereocenters. The molecule has 2 unspecified atom stereocenters. The highest BCUT2D eigenvalue weighted by Crippen LogP contribution is 2.32. The lowest BCUT2D eigenvalue weighted by Crippen LogP contribution is -2.40. The summed E-state index contributed by atoms with van der Waals surface area (Å²) < 4.78 is 0.839. The average molecular weight is 275 g/mol. The van der Waals surface area contributed by atoms with Gasteiger partial charge < -0.3 is 5.73 Å². The third-order valence-corrected chi connectivity index (χ3v) is 4.08. The van der Waals surface area contributed by atoms with Crippen LogP contribution in [0.1, 0.15) is 38.6 Å². The summed E-state index contributed by atoms with van der Waals surface area (Å²) in [5.74, 6) is 0.645. The summed E-state index contributed by atoms with van der Waals surface area (Å²) in [6, 6.07) is 4.45. The second-order valence-corrected chi connectivity index (χ2v) is 6.67. The summed E-state index contributed by atoms with van der Waals surface area (Å²) >= 11 is 7.66. The van der Waals surface area contributed by atoms with E-state index in [-0.39, 0.29) is 12.1 Å². The van der Waals surface area contributed by atoms with Crippen LogP contribution in [-0.4, -0.2) is 24.0 Å². The standard InChI is InChI=1S/C13H23ClN2S/c1-5-16(8-9(2)3)13(10(4)15)11-6-7-12(14)17-11/h6-7,9-10,13H,5,8,15H2,1-4H3. The van der Waals surface area contributed by atoms with Crippen LogP contribution in [0, 0.1) is 5.92 Å². The van der Waals surface area contributed by atoms with E-state index < -0.39 is 0 Å². The molecule has 0 saturated carbocycles. The Morgan fingerprint density at radius 3 is 2.35 bits per heavy atom. The molecule has 17 heavy (non-hydrogen) atoms. The number of thiophene rings is 1. The van der Waals surface area contributed by atoms with E-state index in [9.17, 15) is 0 Å². The predicted octanol–water partition coefficient (Wildman–Crippen LogP) is 3.77. The van der Waals surface area contributed by atoms with E-state index in [1.165, 1.54) is 4.88 Å². The molecule has 4 heteroatoms. The molecule has 0 fully saturated rings. The Morgan fingerprint density at radius 2 is 2.00 bits per heavy atom. The summed E-state index contributed by atoms with van der Waals surface area (Å²) in [6.45, 7) is 10.8. The van der Waals surface area contributed by atoms with Gasteiger partial charge in [0.15, 0.2) is 0 Å². The van der Waals surface area contributed by atoms with Crippen LogP contribution in [0.2, 0.25) is 4.34 Å². The number of hydrogen-bond donors (Lipinski definition) is 1. The first kappa shape index (κ1) is 15.0. The second-order valence-electron chi connectivity index (χ2n) is 4.93. The monoisotopic (exact) mass is 274 g/mol. The largest absolute Gasteiger partial charge is 0.326 e. The van der Waals surface area contributed by atoms with Gasteiger partial charge in [0.25, 0.3) is 0 Å². The van der Waals surface area contributed by atoms with Crippen LogP contribution in [-0.2, 0) is 0 Å². The minimum absolute atomic E-state index is 0.114. The van der Waals surface area contributed by atoms with E-state index >= 15 is 0 Å². The summed E-state index contributed by atoms with van der Waals surface area (Å²) in [4.78, 5) is 3.71. The number of nitrogens with zero attached hydrogens (tertiary/aromatic N) is 1. The first-order valence-electron chi connectivity index (χ1n) is 6.20. The zero-order valence-electron chi connectivity index (χ0n) is 11.1. The molecule has 2 N–H and O–H groups in total. The average Bonchev–Trinajstić information content (AvgIpc) is 2.62. The van der Waals surface area contributed by atoms with Crippen LogP contribution in [0.25, 0.3) is 0 Å². The summed E-state index contributed by atoms with van der Waals surface area (Å²) in [7, 11) is 0. The molecule has 1 aromatic rings. The molecular weight excluding hydrogens is 252 g/mol. The first-order valence-corrected chi connectivity index (χ1v) is 7.40. The molecule has 0 spiro atoms. The van der Waals surface area contributed by atoms with Gasteiger partial charge in [-0.25, -0.2) is 0 Å². The van der Waals surface area contributed by atoms with Crippen molar-refractivity contribution in [2.24, 2.45) is 11.7 Å². The van der Waals surface area contributed by atoms with Crippen molar-refractivity contribution in [1.29, 1.82) is 0 Å². The molecule has 0 bridgehead atoms. The fraction of sp³-hybridized carbons (Fsp3) is 0.692. The van der Waals surface area contributed by atoms with E-state index in [4.69, 9.17) is 17.3 Å². The highest BCUT2D eigenvalue weighted by molar-refractivity contribution is 7.16. The lowest BCUT2D eigenvalue weighted by Gasteiger charge is -2.34. The quantitative estimate of drug-likeness (QED) is 0.856. The molecule has 98 valence electrons. The Morgan fingerprint density at radius 1 is 1.35 bits per heavy atom. The van der Waals surface area contributed by atoms with Crippen molar-refractivity contribution >= 4 is 22.9 Å². The molecule has 2 nitrogen and oxygen atoms in total. The smallest absolute Gasteiger partial charge is 0.0931 e. The molecule has 0 aromatic carbocycles. The number of likely N-dealkylation sites (N-methyl/N-ethyl adjacent to an activating group) is 1. The van der Waals surface area contributed by atoms with Crippen molar-refractivity contribution in [3.8, 4) is 0 Å². The number of hydrogen-bond acceptors (Lipinski definition) is 3. The van der Waals surface area contributed by atoms with Gasteiger partial charge in [-0.2, -0.15) is 0 Å². The molecular formula is C13H23ClN2S. The summed E-state index contributed by atoms with van der Waals surface area (Å²) in [6.07, 6.45) is 0. The zero-order chi connectivity index (χ0) is 13.0. The van der Waals surface area contributed by atoms with E-state index in [1.54, 1.807) is 11.3 Å². The second kappa shape index (κ2) is 6.74. The van der Waals surface area contributed by atoms with Gasteiger partial charge in [0.1, 0.15) is 0 Å². The highest BCUT2D eigenvalue weighted by atomic mass is 35.5. The maximum atomic E-state index is 6.15. The number of halogens is 1. The molecule has 0 aliphatic rings. The van der Waals surface area contributed by atoms with E-state index in [1.807, 2.05) is 6.07 Å². The van der Waals surface area contributed by atoms with Crippen molar-refractivity contribution in [3.05, 3.63) is 21.3 Å². The van der Waals surface area contributed by atoms with Crippen molar-refractivity contribution in [2.75, 3.05) is 13.1 Å². The van der Waals surface area contributed by atoms with Crippen molar-refractivity contribution < 1.29 is 0 Å². The summed E-state index contributed by atoms with van der Waals surface area (Å²) in [5, 5.41) is 0. The van der Waals surface area contributed by atoms with Crippen LogP contribution in [0.5, 0.6) is 0 Å². The minimum Gasteiger partial charge on any atom is -0.326 e. The van der Waals surface area contributed by atoms with Gasteiger partial charge in [0.2, 0.25) is 0 Å². The fourth-order valence-corrected chi connectivity index (χ4v) is 3.48. The Hall–Kier alpha value is -0.0900. The van der Waals surface area contributed by atoms with Crippen molar-refractivity contribution in [1.82, 2.24) is 4.90 Å². The van der Waals surface area contributed by atoms with Crippen LogP contribution < -0.4 is 5.73 Å². The Kier molecular flexibility index (Phi) is 5.93. The van der Waals surface area contributed by atoms with E-state index in [0.29, 0.717) is 5.92 Å². The molecule has 0 aliphatic carbocycles. The normalized spacial score (nSPS) is 15.5. The van der Waals surface area contributed by atoms with Crippen LogP contribution in [0.3, 0.4) is 0 Å². The molecule has 1 aromatic heterocycles. The Labute approximate surface area is 114 Å². The molecule has 1 heterocycles. The Bertz CT molecular complexity index is 336. The molecule has 0 radical (unpaired) electrons. The van der Waals surface area contributed by atoms with E-state index in [0.717, 1.165) is 17.4 Å². The topological polar surface area (TPSA) is 29.3 Å². The first-order chi connectivity index (χ1) is 7.95. The van der Waals surface area contributed by atoms with E-state index in [2.05, 4.69) is 38.7 Å². The lowest BCUT2D eigenvalue weighted by molar-refractivity contribution is 0.168. The molecule has 0 amide bonds. The minimum atomic E-state index is 0.114. The van der Waals surface area contributed by atoms with Gasteiger partial charge in [0.05, 0.1) is 10.4 Å². The van der Waals surface area contributed by atoms with Crippen LogP contribution >= 0.6 is 22.9 Å². The number of rotatable bonds is 6. The number of nitrogens with two attached hydrogens (primary N) is 1. The van der Waals surface area contributed by atoms with Gasteiger partial charge in [-0.05, 0) is 31.5 Å². The van der Waals surface area contributed by atoms with Gasteiger partial charge in [0, 0.05) is 17.5 Å². The summed E-state index contributed by atoms with van der Waals surface area (Å²) in [5.41, 5.74) is 6.15. The maximum Gasteiger partial charge on any atom is 0.0931 e.